The number of carboxylic acid groups (broad SMARTS) is 1. The van der Waals surface area contributed by atoms with E-state index in [2.05, 4.69) is 4.98 Å². The van der Waals surface area contributed by atoms with Crippen LogP contribution in [-0.2, 0) is 11.3 Å². The summed E-state index contributed by atoms with van der Waals surface area (Å²) in [6, 6.07) is 9.72. The number of ether oxygens (including phenoxy) is 1. The molecule has 1 aliphatic heterocycles. The predicted molar refractivity (Wildman–Crippen MR) is 91.7 cm³/mol. The van der Waals surface area contributed by atoms with Gasteiger partial charge < -0.3 is 14.7 Å². The van der Waals surface area contributed by atoms with Crippen LogP contribution in [0.2, 0.25) is 0 Å². The number of thiazole rings is 1. The molecule has 1 aliphatic rings. The molecule has 6 nitrogen and oxygen atoms in total. The number of carbonyl (C=O) groups is 1. The molecular weight excluding hydrogens is 326 g/mol. The zero-order chi connectivity index (χ0) is 16.9. The topological polar surface area (TPSA) is 86.5 Å². The molecule has 0 unspecified atom stereocenters. The normalized spacial score (nSPS) is 15.2. The Balaban J connectivity index is 1.55. The molecule has 1 amide bonds. The van der Waals surface area contributed by atoms with Crippen LogP contribution in [0.1, 0.15) is 35.0 Å². The van der Waals surface area contributed by atoms with Gasteiger partial charge in [0.1, 0.15) is 12.3 Å². The van der Waals surface area contributed by atoms with Crippen molar-refractivity contribution in [3.8, 4) is 0 Å². The summed E-state index contributed by atoms with van der Waals surface area (Å²) in [6.07, 6.45) is 0.693. The molecule has 1 aromatic heterocycles. The lowest BCUT2D eigenvalue weighted by molar-refractivity contribution is 0.132. The van der Waals surface area contributed by atoms with Crippen molar-refractivity contribution in [1.82, 2.24) is 9.88 Å². The summed E-state index contributed by atoms with van der Waals surface area (Å²) in [5.41, 5.74) is 1.56. The van der Waals surface area contributed by atoms with E-state index in [0.29, 0.717) is 25.4 Å². The van der Waals surface area contributed by atoms with Gasteiger partial charge in [0.15, 0.2) is 0 Å². The summed E-state index contributed by atoms with van der Waals surface area (Å²) in [6.45, 7) is 1.43. The first-order valence-corrected chi connectivity index (χ1v) is 8.70. The zero-order valence-electron chi connectivity index (χ0n) is 13.1. The number of aromatic nitrogens is 1. The molecule has 1 aromatic carbocycles. The first-order chi connectivity index (χ1) is 11.6. The molecule has 0 saturated carbocycles. The molecule has 0 bridgehead atoms. The molecule has 0 atom stereocenters. The number of rotatable bonds is 4. The molecule has 0 spiro atoms. The lowest BCUT2D eigenvalue weighted by Crippen LogP contribution is -2.36. The molecule has 2 aromatic rings. The molecule has 2 heterocycles. The van der Waals surface area contributed by atoms with E-state index in [1.165, 1.54) is 16.2 Å². The van der Waals surface area contributed by atoms with Crippen LogP contribution < -0.4 is 0 Å². The van der Waals surface area contributed by atoms with Gasteiger partial charge in [-0.2, -0.15) is 0 Å². The van der Waals surface area contributed by atoms with E-state index in [0.717, 1.165) is 23.4 Å². The van der Waals surface area contributed by atoms with Gasteiger partial charge in [-0.3, -0.25) is 5.41 Å². The van der Waals surface area contributed by atoms with Crippen molar-refractivity contribution >= 4 is 23.3 Å². The third kappa shape index (κ3) is 3.91. The SMILES string of the molecule is N=C(OCc1ccccc1)c1csc(C2CCN(C(=O)O)CC2)n1. The van der Waals surface area contributed by atoms with Crippen LogP contribution in [0.15, 0.2) is 35.7 Å². The van der Waals surface area contributed by atoms with Crippen molar-refractivity contribution in [1.29, 1.82) is 5.41 Å². The average molecular weight is 345 g/mol. The van der Waals surface area contributed by atoms with Crippen LogP contribution in [-0.4, -0.2) is 40.1 Å². The summed E-state index contributed by atoms with van der Waals surface area (Å²) < 4.78 is 5.50. The smallest absolute Gasteiger partial charge is 0.407 e. The number of likely N-dealkylation sites (tertiary alicyclic amines) is 1. The molecule has 2 N–H and O–H groups in total. The second-order valence-corrected chi connectivity index (χ2v) is 6.61. The number of hydrogen-bond donors (Lipinski definition) is 2. The van der Waals surface area contributed by atoms with Crippen molar-refractivity contribution in [3.63, 3.8) is 0 Å². The van der Waals surface area contributed by atoms with E-state index >= 15 is 0 Å². The van der Waals surface area contributed by atoms with E-state index < -0.39 is 6.09 Å². The highest BCUT2D eigenvalue weighted by atomic mass is 32.1. The molecular formula is C17H19N3O3S. The average Bonchev–Trinajstić information content (AvgIpc) is 3.11. The minimum absolute atomic E-state index is 0.0734. The van der Waals surface area contributed by atoms with Crippen molar-refractivity contribution in [3.05, 3.63) is 52.0 Å². The third-order valence-electron chi connectivity index (χ3n) is 4.10. The number of nitrogens with one attached hydrogen (secondary N) is 1. The Kier molecular flexibility index (Phi) is 5.10. The Morgan fingerprint density at radius 3 is 2.71 bits per heavy atom. The molecule has 1 saturated heterocycles. The highest BCUT2D eigenvalue weighted by molar-refractivity contribution is 7.09. The first kappa shape index (κ1) is 16.4. The van der Waals surface area contributed by atoms with Crippen LogP contribution in [0.4, 0.5) is 4.79 Å². The number of amides is 1. The maximum Gasteiger partial charge on any atom is 0.407 e. The third-order valence-corrected chi connectivity index (χ3v) is 5.10. The van der Waals surface area contributed by atoms with Crippen molar-refractivity contribution in [2.75, 3.05) is 13.1 Å². The van der Waals surface area contributed by atoms with Crippen LogP contribution in [0, 0.1) is 5.41 Å². The highest BCUT2D eigenvalue weighted by Gasteiger charge is 2.25. The van der Waals surface area contributed by atoms with Gasteiger partial charge in [-0.1, -0.05) is 30.3 Å². The van der Waals surface area contributed by atoms with Crippen LogP contribution in [0.3, 0.4) is 0 Å². The second kappa shape index (κ2) is 7.44. The number of piperidine rings is 1. The Morgan fingerprint density at radius 1 is 1.33 bits per heavy atom. The van der Waals surface area contributed by atoms with Gasteiger partial charge in [-0.05, 0) is 18.4 Å². The van der Waals surface area contributed by atoms with Crippen LogP contribution in [0.5, 0.6) is 0 Å². The van der Waals surface area contributed by atoms with Gasteiger partial charge in [0.25, 0.3) is 0 Å². The molecule has 7 heteroatoms. The molecule has 3 rings (SSSR count). The zero-order valence-corrected chi connectivity index (χ0v) is 14.0. The maximum atomic E-state index is 10.9. The maximum absolute atomic E-state index is 10.9. The van der Waals surface area contributed by atoms with E-state index in [4.69, 9.17) is 15.3 Å². The number of hydrogen-bond acceptors (Lipinski definition) is 5. The van der Waals surface area contributed by atoms with Gasteiger partial charge in [-0.25, -0.2) is 9.78 Å². The Hall–Kier alpha value is -2.41. The van der Waals surface area contributed by atoms with Gasteiger partial charge in [0, 0.05) is 24.4 Å². The van der Waals surface area contributed by atoms with Crippen LogP contribution >= 0.6 is 11.3 Å². The number of benzene rings is 1. The predicted octanol–water partition coefficient (Wildman–Crippen LogP) is 3.54. The highest BCUT2D eigenvalue weighted by Crippen LogP contribution is 2.30. The Morgan fingerprint density at radius 2 is 2.04 bits per heavy atom. The van der Waals surface area contributed by atoms with Gasteiger partial charge in [0.2, 0.25) is 5.90 Å². The van der Waals surface area contributed by atoms with Crippen molar-refractivity contribution < 1.29 is 14.6 Å². The summed E-state index contributed by atoms with van der Waals surface area (Å²) >= 11 is 1.52. The number of nitrogens with zero attached hydrogens (tertiary/aromatic N) is 2. The van der Waals surface area contributed by atoms with E-state index in [-0.39, 0.29) is 11.8 Å². The standard InChI is InChI=1S/C17H19N3O3S/c18-15(23-10-12-4-2-1-3-5-12)14-11-24-16(19-14)13-6-8-20(9-7-13)17(21)22/h1-5,11,13,18H,6-10H2,(H,21,22). The Bertz CT molecular complexity index is 709. The minimum Gasteiger partial charge on any atom is -0.472 e. The fourth-order valence-corrected chi connectivity index (χ4v) is 3.67. The fraction of sp³-hybridized carbons (Fsp3) is 0.353. The van der Waals surface area contributed by atoms with Gasteiger partial charge in [0.05, 0.1) is 5.01 Å². The van der Waals surface area contributed by atoms with Gasteiger partial charge >= 0.3 is 6.09 Å². The minimum atomic E-state index is -0.857. The summed E-state index contributed by atoms with van der Waals surface area (Å²) in [5, 5.41) is 19.8. The molecule has 0 aliphatic carbocycles. The van der Waals surface area contributed by atoms with E-state index in [1.54, 1.807) is 0 Å². The lowest BCUT2D eigenvalue weighted by Gasteiger charge is -2.28. The lowest BCUT2D eigenvalue weighted by atomic mass is 9.98. The summed E-state index contributed by atoms with van der Waals surface area (Å²) in [5.74, 6) is 0.339. The molecule has 24 heavy (non-hydrogen) atoms. The van der Waals surface area contributed by atoms with Crippen molar-refractivity contribution in [2.24, 2.45) is 0 Å². The van der Waals surface area contributed by atoms with Gasteiger partial charge in [-0.15, -0.1) is 11.3 Å². The molecule has 0 radical (unpaired) electrons. The fourth-order valence-electron chi connectivity index (χ4n) is 2.70. The molecule has 126 valence electrons. The summed E-state index contributed by atoms with van der Waals surface area (Å²) in [4.78, 5) is 16.9. The quantitative estimate of drug-likeness (QED) is 0.655. The monoisotopic (exact) mass is 345 g/mol. The van der Waals surface area contributed by atoms with Crippen molar-refractivity contribution in [2.45, 2.75) is 25.4 Å². The summed E-state index contributed by atoms with van der Waals surface area (Å²) in [7, 11) is 0. The Labute approximate surface area is 144 Å². The largest absolute Gasteiger partial charge is 0.472 e. The molecule has 1 fully saturated rings. The van der Waals surface area contributed by atoms with E-state index in [9.17, 15) is 4.79 Å². The van der Waals surface area contributed by atoms with E-state index in [1.807, 2.05) is 35.7 Å². The van der Waals surface area contributed by atoms with Crippen LogP contribution in [0.25, 0.3) is 0 Å². The first-order valence-electron chi connectivity index (χ1n) is 7.82. The second-order valence-electron chi connectivity index (χ2n) is 5.72.